The maximum atomic E-state index is 10.8. The number of aliphatic imine (C=N–C) groups is 3. The van der Waals surface area contributed by atoms with Crippen molar-refractivity contribution in [3.05, 3.63) is 79.8 Å². The van der Waals surface area contributed by atoms with E-state index in [1.54, 1.807) is 0 Å². The molecule has 8 bridgehead atoms. The lowest BCUT2D eigenvalue weighted by molar-refractivity contribution is 0.464. The predicted octanol–water partition coefficient (Wildman–Crippen LogP) is 9.81. The van der Waals surface area contributed by atoms with Crippen molar-refractivity contribution in [1.82, 2.24) is 4.98 Å². The van der Waals surface area contributed by atoms with Crippen molar-refractivity contribution in [3.63, 3.8) is 0 Å². The molecule has 5 rings (SSSR count). The lowest BCUT2D eigenvalue weighted by Crippen LogP contribution is -2.23. The molecule has 0 aromatic carbocycles. The van der Waals surface area contributed by atoms with Gasteiger partial charge in [0.2, 0.25) is 0 Å². The van der Waals surface area contributed by atoms with Gasteiger partial charge in [-0.15, -0.1) is 0 Å². The predicted molar refractivity (Wildman–Crippen MR) is 179 cm³/mol. The second-order valence-corrected chi connectivity index (χ2v) is 11.6. The Hall–Kier alpha value is -3.47. The summed E-state index contributed by atoms with van der Waals surface area (Å²) in [4.78, 5) is 19.7. The van der Waals surface area contributed by atoms with Crippen LogP contribution in [0.4, 0.5) is 0 Å². The number of aromatic nitrogens is 1. The highest BCUT2D eigenvalue weighted by Gasteiger charge is 2.38. The molecule has 4 aliphatic rings. The first-order valence-electron chi connectivity index (χ1n) is 16.4. The molecule has 0 radical (unpaired) electrons. The second kappa shape index (κ2) is 12.4. The Morgan fingerprint density at radius 1 is 0.643 bits per heavy atom. The number of rotatable bonds is 8. The topological polar surface area (TPSA) is 73.1 Å². The standard InChI is InChI=1S/C37H48N4O/c1-9-21-23(11-3)32-18-34-25(13-5)27(15-7)36(40-34)29(20-42)37-28(16-8)26(14-6)35(41-37)19-33-24(12-4)22(10-2)31(39-33)17-30(21)38-32/h17-20,25,27,38,42H,9-16H2,1-8H3. The summed E-state index contributed by atoms with van der Waals surface area (Å²) in [6.07, 6.45) is 15.5. The van der Waals surface area contributed by atoms with Crippen molar-refractivity contribution in [2.75, 3.05) is 0 Å². The molecule has 0 fully saturated rings. The van der Waals surface area contributed by atoms with Crippen molar-refractivity contribution in [1.29, 1.82) is 0 Å². The number of fused-ring (bicyclic) bond motifs is 5. The molecule has 2 atom stereocenters. The maximum Gasteiger partial charge on any atom is 0.0904 e. The first-order valence-corrected chi connectivity index (χ1v) is 16.4. The van der Waals surface area contributed by atoms with Crippen LogP contribution in [0.15, 0.2) is 72.3 Å². The van der Waals surface area contributed by atoms with Crippen LogP contribution < -0.4 is 0 Å². The molecule has 2 N–H and O–H groups in total. The van der Waals surface area contributed by atoms with Gasteiger partial charge >= 0.3 is 0 Å². The highest BCUT2D eigenvalue weighted by atomic mass is 16.2. The fourth-order valence-electron chi connectivity index (χ4n) is 7.68. The molecule has 0 saturated heterocycles. The number of H-pyrrole nitrogens is 1. The van der Waals surface area contributed by atoms with Crippen molar-refractivity contribution in [2.24, 2.45) is 26.8 Å². The number of hydrogen-bond donors (Lipinski definition) is 2. The van der Waals surface area contributed by atoms with Crippen LogP contribution in [0.5, 0.6) is 0 Å². The normalized spacial score (nSPS) is 22.9. The van der Waals surface area contributed by atoms with Crippen molar-refractivity contribution >= 4 is 29.3 Å². The molecule has 0 amide bonds. The van der Waals surface area contributed by atoms with E-state index in [-0.39, 0.29) is 11.8 Å². The molecule has 4 aliphatic heterocycles. The Kier molecular flexibility index (Phi) is 8.86. The summed E-state index contributed by atoms with van der Waals surface area (Å²) >= 11 is 0. The Labute approximate surface area is 252 Å². The van der Waals surface area contributed by atoms with Crippen LogP contribution in [0.2, 0.25) is 0 Å². The molecule has 0 saturated carbocycles. The number of nitrogens with zero attached hydrogens (tertiary/aromatic N) is 3. The molecule has 1 aromatic rings. The summed E-state index contributed by atoms with van der Waals surface area (Å²) in [6.45, 7) is 17.8. The second-order valence-electron chi connectivity index (χ2n) is 11.6. The third kappa shape index (κ3) is 4.75. The zero-order valence-corrected chi connectivity index (χ0v) is 26.9. The largest absolute Gasteiger partial charge is 0.515 e. The summed E-state index contributed by atoms with van der Waals surface area (Å²) in [6, 6.07) is 0. The van der Waals surface area contributed by atoms with E-state index in [0.717, 1.165) is 103 Å². The molecular weight excluding hydrogens is 516 g/mol. The summed E-state index contributed by atoms with van der Waals surface area (Å²) in [5, 5.41) is 10.8. The summed E-state index contributed by atoms with van der Waals surface area (Å²) < 4.78 is 0. The molecule has 42 heavy (non-hydrogen) atoms. The average Bonchev–Trinajstić information content (AvgIpc) is 3.72. The maximum absolute atomic E-state index is 10.8. The van der Waals surface area contributed by atoms with E-state index in [2.05, 4.69) is 78.6 Å². The highest BCUT2D eigenvalue weighted by Crippen LogP contribution is 2.43. The molecule has 222 valence electrons. The first-order chi connectivity index (χ1) is 20.4. The van der Waals surface area contributed by atoms with E-state index < -0.39 is 0 Å². The van der Waals surface area contributed by atoms with E-state index >= 15 is 0 Å². The average molecular weight is 565 g/mol. The van der Waals surface area contributed by atoms with Gasteiger partial charge in [-0.05, 0) is 103 Å². The first kappa shape index (κ1) is 30.0. The van der Waals surface area contributed by atoms with Gasteiger partial charge in [0.15, 0.2) is 0 Å². The highest BCUT2D eigenvalue weighted by molar-refractivity contribution is 6.33. The van der Waals surface area contributed by atoms with Gasteiger partial charge in [0.25, 0.3) is 0 Å². The van der Waals surface area contributed by atoms with Gasteiger partial charge < -0.3 is 10.1 Å². The number of aromatic amines is 1. The minimum absolute atomic E-state index is 0.226. The summed E-state index contributed by atoms with van der Waals surface area (Å²) in [5.74, 6) is 0.513. The molecule has 1 aromatic heterocycles. The lowest BCUT2D eigenvalue weighted by atomic mass is 9.81. The van der Waals surface area contributed by atoms with Gasteiger partial charge in [-0.2, -0.15) is 0 Å². The van der Waals surface area contributed by atoms with Crippen LogP contribution in [-0.2, 0) is 12.8 Å². The van der Waals surface area contributed by atoms with Crippen LogP contribution in [0.1, 0.15) is 116 Å². The molecule has 0 spiro atoms. The zero-order chi connectivity index (χ0) is 30.1. The van der Waals surface area contributed by atoms with E-state index in [1.165, 1.54) is 39.7 Å². The Bertz CT molecular complexity index is 1560. The van der Waals surface area contributed by atoms with Crippen LogP contribution in [0, 0.1) is 11.8 Å². The van der Waals surface area contributed by atoms with Crippen molar-refractivity contribution in [2.45, 2.75) is 107 Å². The molecule has 5 nitrogen and oxygen atoms in total. The van der Waals surface area contributed by atoms with Gasteiger partial charge in [0.1, 0.15) is 0 Å². The molecule has 5 heterocycles. The van der Waals surface area contributed by atoms with Gasteiger partial charge in [-0.1, -0.05) is 55.4 Å². The van der Waals surface area contributed by atoms with Crippen LogP contribution in [0.3, 0.4) is 0 Å². The Morgan fingerprint density at radius 2 is 1.21 bits per heavy atom. The third-order valence-corrected chi connectivity index (χ3v) is 9.67. The van der Waals surface area contributed by atoms with E-state index in [9.17, 15) is 5.11 Å². The Balaban J connectivity index is 1.88. The van der Waals surface area contributed by atoms with E-state index in [1.807, 2.05) is 0 Å². The number of hydrogen-bond acceptors (Lipinski definition) is 4. The van der Waals surface area contributed by atoms with Crippen molar-refractivity contribution in [3.8, 4) is 0 Å². The number of allylic oxidation sites excluding steroid dienone is 7. The summed E-state index contributed by atoms with van der Waals surface area (Å²) in [5.41, 5.74) is 16.9. The fourth-order valence-corrected chi connectivity index (χ4v) is 7.68. The van der Waals surface area contributed by atoms with Crippen LogP contribution in [0.25, 0.3) is 12.2 Å². The van der Waals surface area contributed by atoms with Gasteiger partial charge in [-0.25, -0.2) is 9.98 Å². The molecule has 0 aliphatic carbocycles. The SMILES string of the molecule is CCC1=C(CC)C2=NC1=Cc1[nH]c(c(CC)c1CC)C=C1N=C(C(=CO)C3=NC(=C2)C(CC)=C3CC)C(CC)C1CC. The lowest BCUT2D eigenvalue weighted by Gasteiger charge is -2.20. The van der Waals surface area contributed by atoms with Crippen LogP contribution in [-0.4, -0.2) is 27.2 Å². The fraction of sp³-hybridized carbons (Fsp3) is 0.486. The quantitative estimate of drug-likeness (QED) is 0.303. The smallest absolute Gasteiger partial charge is 0.0904 e. The minimum Gasteiger partial charge on any atom is -0.515 e. The van der Waals surface area contributed by atoms with Gasteiger partial charge in [0, 0.05) is 28.9 Å². The molecular formula is C37H48N4O. The van der Waals surface area contributed by atoms with Gasteiger partial charge in [0.05, 0.1) is 40.4 Å². The number of aliphatic hydroxyl groups excluding tert-OH is 1. The number of nitrogens with one attached hydrogen (secondary N) is 1. The van der Waals surface area contributed by atoms with E-state index in [0.29, 0.717) is 0 Å². The summed E-state index contributed by atoms with van der Waals surface area (Å²) in [7, 11) is 0. The molecule has 2 unspecified atom stereocenters. The van der Waals surface area contributed by atoms with E-state index in [4.69, 9.17) is 15.0 Å². The monoisotopic (exact) mass is 564 g/mol. The Morgan fingerprint density at radius 3 is 1.76 bits per heavy atom. The van der Waals surface area contributed by atoms with Crippen LogP contribution >= 0.6 is 0 Å². The molecule has 5 heteroatoms. The zero-order valence-electron chi connectivity index (χ0n) is 26.9. The number of aliphatic hydroxyl groups is 1. The third-order valence-electron chi connectivity index (χ3n) is 9.67. The van der Waals surface area contributed by atoms with Gasteiger partial charge in [-0.3, -0.25) is 4.99 Å². The minimum atomic E-state index is 0.226. The van der Waals surface area contributed by atoms with Crippen molar-refractivity contribution < 1.29 is 5.11 Å².